The molecule has 0 saturated carbocycles. The van der Waals surface area contributed by atoms with E-state index in [1.165, 1.54) is 5.56 Å². The summed E-state index contributed by atoms with van der Waals surface area (Å²) in [5.74, 6) is 0. The van der Waals surface area contributed by atoms with Crippen LogP contribution in [0, 0.1) is 0 Å². The van der Waals surface area contributed by atoms with E-state index in [9.17, 15) is 0 Å². The molecule has 1 aliphatic heterocycles. The first-order valence-corrected chi connectivity index (χ1v) is 4.74. The van der Waals surface area contributed by atoms with E-state index in [1.54, 1.807) is 6.26 Å². The topological polar surface area (TPSA) is 16.4 Å². The van der Waals surface area contributed by atoms with Crippen molar-refractivity contribution in [1.82, 2.24) is 4.90 Å². The predicted molar refractivity (Wildman–Crippen MR) is 50.8 cm³/mol. The molecule has 1 aromatic heterocycles. The molecule has 2 nitrogen and oxygen atoms in total. The smallest absolute Gasteiger partial charge is 0.169 e. The van der Waals surface area contributed by atoms with Crippen molar-refractivity contribution in [3.63, 3.8) is 0 Å². The Morgan fingerprint density at radius 3 is 2.75 bits per heavy atom. The molecule has 2 rings (SSSR count). The Kier molecular flexibility index (Phi) is 2.33. The molecule has 0 bridgehead atoms. The molecule has 0 atom stereocenters. The fraction of sp³-hybridized carbons (Fsp3) is 0.333. The van der Waals surface area contributed by atoms with Gasteiger partial charge in [-0.2, -0.15) is 0 Å². The first kappa shape index (κ1) is 8.08. The van der Waals surface area contributed by atoms with Gasteiger partial charge in [-0.15, -0.1) is 0 Å². The molecule has 12 heavy (non-hydrogen) atoms. The second kappa shape index (κ2) is 3.46. The minimum absolute atomic E-state index is 0.810. The van der Waals surface area contributed by atoms with Crippen LogP contribution >= 0.6 is 15.9 Å². The predicted octanol–water partition coefficient (Wildman–Crippen LogP) is 2.41. The highest BCUT2D eigenvalue weighted by Gasteiger charge is 2.08. The highest BCUT2D eigenvalue weighted by Crippen LogP contribution is 2.16. The zero-order valence-corrected chi connectivity index (χ0v) is 8.25. The van der Waals surface area contributed by atoms with Crippen LogP contribution in [0.5, 0.6) is 0 Å². The van der Waals surface area contributed by atoms with Gasteiger partial charge in [0.2, 0.25) is 0 Å². The summed E-state index contributed by atoms with van der Waals surface area (Å²) in [5.41, 5.74) is 1.23. The number of rotatable bonds is 2. The number of nitrogens with zero attached hydrogens (tertiary/aromatic N) is 1. The quantitative estimate of drug-likeness (QED) is 0.722. The van der Waals surface area contributed by atoms with Crippen LogP contribution < -0.4 is 0 Å². The second-order valence-corrected chi connectivity index (χ2v) is 3.71. The molecule has 0 N–H and O–H groups in total. The van der Waals surface area contributed by atoms with Gasteiger partial charge in [0.05, 0.1) is 6.26 Å². The maximum absolute atomic E-state index is 5.14. The molecule has 0 aromatic carbocycles. The van der Waals surface area contributed by atoms with E-state index in [0.717, 1.165) is 24.3 Å². The third-order valence-electron chi connectivity index (χ3n) is 1.92. The fourth-order valence-electron chi connectivity index (χ4n) is 1.34. The first-order chi connectivity index (χ1) is 5.84. The molecule has 2 heterocycles. The van der Waals surface area contributed by atoms with Crippen LogP contribution in [-0.4, -0.2) is 18.0 Å². The van der Waals surface area contributed by atoms with Crippen molar-refractivity contribution in [3.05, 3.63) is 34.7 Å². The molecular weight excluding hydrogens is 218 g/mol. The van der Waals surface area contributed by atoms with Crippen molar-refractivity contribution in [3.8, 4) is 0 Å². The Hall–Kier alpha value is -0.540. The van der Waals surface area contributed by atoms with Crippen LogP contribution in [0.4, 0.5) is 0 Å². The molecule has 0 radical (unpaired) electrons. The molecule has 0 amide bonds. The molecule has 64 valence electrons. The summed E-state index contributed by atoms with van der Waals surface area (Å²) < 4.78 is 5.95. The Balaban J connectivity index is 1.95. The van der Waals surface area contributed by atoms with Crippen molar-refractivity contribution in [2.75, 3.05) is 13.1 Å². The number of halogens is 1. The van der Waals surface area contributed by atoms with E-state index < -0.39 is 0 Å². The van der Waals surface area contributed by atoms with Gasteiger partial charge in [-0.1, -0.05) is 12.2 Å². The van der Waals surface area contributed by atoms with E-state index >= 15 is 0 Å². The molecule has 0 aliphatic carbocycles. The molecule has 0 unspecified atom stereocenters. The van der Waals surface area contributed by atoms with Crippen LogP contribution in [0.25, 0.3) is 0 Å². The van der Waals surface area contributed by atoms with Crippen LogP contribution in [0.1, 0.15) is 5.56 Å². The van der Waals surface area contributed by atoms with Crippen LogP contribution in [-0.2, 0) is 6.54 Å². The summed E-state index contributed by atoms with van der Waals surface area (Å²) in [6.45, 7) is 3.09. The molecule has 0 fully saturated rings. The van der Waals surface area contributed by atoms with Crippen molar-refractivity contribution in [1.29, 1.82) is 0 Å². The molecule has 0 spiro atoms. The Morgan fingerprint density at radius 2 is 2.17 bits per heavy atom. The van der Waals surface area contributed by atoms with E-state index in [4.69, 9.17) is 4.42 Å². The molecular formula is C9H10BrNO. The Morgan fingerprint density at radius 1 is 1.42 bits per heavy atom. The summed E-state index contributed by atoms with van der Waals surface area (Å²) in [4.78, 5) is 2.34. The van der Waals surface area contributed by atoms with Crippen LogP contribution in [0.15, 0.2) is 33.6 Å². The minimum atomic E-state index is 0.810. The maximum atomic E-state index is 5.14. The molecule has 1 aromatic rings. The highest BCUT2D eigenvalue weighted by molar-refractivity contribution is 9.10. The molecule has 3 heteroatoms. The lowest BCUT2D eigenvalue weighted by molar-refractivity contribution is 0.343. The monoisotopic (exact) mass is 227 g/mol. The SMILES string of the molecule is Brc1cc(CN2CC=CC2)co1. The average Bonchev–Trinajstić information content (AvgIpc) is 2.63. The minimum Gasteiger partial charge on any atom is -0.457 e. The summed E-state index contributed by atoms with van der Waals surface area (Å²) in [6, 6.07) is 2.01. The molecule has 1 aliphatic rings. The lowest BCUT2D eigenvalue weighted by Crippen LogP contribution is -2.18. The fourth-order valence-corrected chi connectivity index (χ4v) is 1.73. The van der Waals surface area contributed by atoms with E-state index in [1.807, 2.05) is 6.07 Å². The zero-order chi connectivity index (χ0) is 8.39. The lowest BCUT2D eigenvalue weighted by atomic mass is 10.3. The van der Waals surface area contributed by atoms with Gasteiger partial charge in [-0.3, -0.25) is 4.90 Å². The van der Waals surface area contributed by atoms with Crippen molar-refractivity contribution >= 4 is 15.9 Å². The zero-order valence-electron chi connectivity index (χ0n) is 6.66. The number of hydrogen-bond acceptors (Lipinski definition) is 2. The Labute approximate surface area is 80.0 Å². The van der Waals surface area contributed by atoms with E-state index in [-0.39, 0.29) is 0 Å². The lowest BCUT2D eigenvalue weighted by Gasteiger charge is -2.12. The molecule has 0 saturated heterocycles. The maximum Gasteiger partial charge on any atom is 0.169 e. The second-order valence-electron chi connectivity index (χ2n) is 2.92. The Bertz CT molecular complexity index is 284. The van der Waals surface area contributed by atoms with E-state index in [0.29, 0.717) is 0 Å². The van der Waals surface area contributed by atoms with Gasteiger partial charge in [-0.25, -0.2) is 0 Å². The van der Waals surface area contributed by atoms with Gasteiger partial charge in [0, 0.05) is 25.2 Å². The van der Waals surface area contributed by atoms with E-state index in [2.05, 4.69) is 33.0 Å². The van der Waals surface area contributed by atoms with Crippen LogP contribution in [0.3, 0.4) is 0 Å². The number of furan rings is 1. The van der Waals surface area contributed by atoms with Gasteiger partial charge in [0.1, 0.15) is 0 Å². The highest BCUT2D eigenvalue weighted by atomic mass is 79.9. The number of hydrogen-bond donors (Lipinski definition) is 0. The van der Waals surface area contributed by atoms with Gasteiger partial charge in [0.25, 0.3) is 0 Å². The van der Waals surface area contributed by atoms with Crippen LogP contribution in [0.2, 0.25) is 0 Å². The largest absolute Gasteiger partial charge is 0.457 e. The summed E-state index contributed by atoms with van der Waals surface area (Å²) in [5, 5.41) is 0. The standard InChI is InChI=1S/C9H10BrNO/c10-9-5-8(7-12-9)6-11-3-1-2-4-11/h1-2,5,7H,3-4,6H2. The normalized spacial score (nSPS) is 17.4. The summed E-state index contributed by atoms with van der Waals surface area (Å²) in [7, 11) is 0. The third-order valence-corrected chi connectivity index (χ3v) is 2.34. The summed E-state index contributed by atoms with van der Waals surface area (Å²) >= 11 is 3.28. The van der Waals surface area contributed by atoms with Gasteiger partial charge < -0.3 is 4.42 Å². The third kappa shape index (κ3) is 1.79. The van der Waals surface area contributed by atoms with Crippen molar-refractivity contribution < 1.29 is 4.42 Å². The van der Waals surface area contributed by atoms with Crippen molar-refractivity contribution in [2.24, 2.45) is 0 Å². The first-order valence-electron chi connectivity index (χ1n) is 3.95. The van der Waals surface area contributed by atoms with Gasteiger partial charge in [-0.05, 0) is 22.0 Å². The van der Waals surface area contributed by atoms with Crippen molar-refractivity contribution in [2.45, 2.75) is 6.54 Å². The summed E-state index contributed by atoms with van der Waals surface area (Å²) in [6.07, 6.45) is 6.17. The van der Waals surface area contributed by atoms with Gasteiger partial charge in [0.15, 0.2) is 4.67 Å². The van der Waals surface area contributed by atoms with Gasteiger partial charge >= 0.3 is 0 Å². The average molecular weight is 228 g/mol.